The van der Waals surface area contributed by atoms with Gasteiger partial charge in [-0.1, -0.05) is 42.5 Å². The smallest absolute Gasteiger partial charge is 0.264 e. The number of rotatable bonds is 4. The summed E-state index contributed by atoms with van der Waals surface area (Å²) in [7, 11) is -3.65. The molecule has 1 aliphatic rings. The Labute approximate surface area is 158 Å². The van der Waals surface area contributed by atoms with E-state index in [4.69, 9.17) is 5.41 Å². The summed E-state index contributed by atoms with van der Waals surface area (Å²) < 4.78 is 27.5. The molecular weight excluding hydrogens is 360 g/mol. The Morgan fingerprint density at radius 1 is 0.926 bits per heavy atom. The lowest BCUT2D eigenvalue weighted by Crippen LogP contribution is -2.29. The molecular formula is C21H18N2O3S. The highest BCUT2D eigenvalue weighted by Crippen LogP contribution is 2.32. The molecule has 27 heavy (non-hydrogen) atoms. The highest BCUT2D eigenvalue weighted by molar-refractivity contribution is 7.92. The topological polar surface area (TPSA) is 81.5 Å². The number of anilines is 1. The normalized spacial score (nSPS) is 13.4. The van der Waals surface area contributed by atoms with Crippen LogP contribution in [0.4, 0.5) is 5.69 Å². The molecule has 2 N–H and O–H groups in total. The van der Waals surface area contributed by atoms with E-state index in [1.54, 1.807) is 30.3 Å². The van der Waals surface area contributed by atoms with Gasteiger partial charge in [0.15, 0.2) is 0 Å². The Morgan fingerprint density at radius 2 is 1.59 bits per heavy atom. The predicted molar refractivity (Wildman–Crippen MR) is 105 cm³/mol. The molecule has 3 aromatic carbocycles. The fourth-order valence-electron chi connectivity index (χ4n) is 3.32. The number of benzene rings is 3. The molecule has 0 saturated heterocycles. The Bertz CT molecular complexity index is 1120. The van der Waals surface area contributed by atoms with Gasteiger partial charge in [-0.3, -0.25) is 9.71 Å². The number of phenols is 1. The first-order valence-electron chi connectivity index (χ1n) is 8.56. The third kappa shape index (κ3) is 2.98. The predicted octanol–water partition coefficient (Wildman–Crippen LogP) is 3.56. The SMILES string of the molecule is N=C(c1ccc(S(=O)(=O)N2CCc3ccccc32)cc1)c1ccccc1O. The lowest BCUT2D eigenvalue weighted by molar-refractivity contribution is 0.474. The average molecular weight is 378 g/mol. The molecule has 3 aromatic rings. The molecule has 0 fully saturated rings. The van der Waals surface area contributed by atoms with Crippen molar-refractivity contribution in [3.63, 3.8) is 0 Å². The van der Waals surface area contributed by atoms with Crippen LogP contribution in [0.2, 0.25) is 0 Å². The minimum atomic E-state index is -3.65. The van der Waals surface area contributed by atoms with Crippen molar-refractivity contribution in [3.8, 4) is 5.75 Å². The van der Waals surface area contributed by atoms with E-state index in [-0.39, 0.29) is 16.4 Å². The molecule has 5 nitrogen and oxygen atoms in total. The zero-order valence-electron chi connectivity index (χ0n) is 14.5. The maximum Gasteiger partial charge on any atom is 0.264 e. The van der Waals surface area contributed by atoms with Gasteiger partial charge in [0.2, 0.25) is 0 Å². The van der Waals surface area contributed by atoms with E-state index < -0.39 is 10.0 Å². The maximum atomic E-state index is 13.0. The largest absolute Gasteiger partial charge is 0.507 e. The Kier molecular flexibility index (Phi) is 4.20. The molecule has 0 aliphatic carbocycles. The molecule has 0 bridgehead atoms. The number of hydrogen-bond donors (Lipinski definition) is 2. The number of phenolic OH excluding ortho intramolecular Hbond substituents is 1. The van der Waals surface area contributed by atoms with Crippen molar-refractivity contribution in [2.75, 3.05) is 10.8 Å². The second-order valence-electron chi connectivity index (χ2n) is 6.37. The van der Waals surface area contributed by atoms with Gasteiger partial charge in [-0.25, -0.2) is 8.42 Å². The number of para-hydroxylation sites is 2. The fraction of sp³-hybridized carbons (Fsp3) is 0.0952. The second kappa shape index (κ2) is 6.55. The molecule has 0 saturated carbocycles. The van der Waals surface area contributed by atoms with Crippen LogP contribution in [0.15, 0.2) is 77.7 Å². The van der Waals surface area contributed by atoms with Crippen molar-refractivity contribution in [2.24, 2.45) is 0 Å². The second-order valence-corrected chi connectivity index (χ2v) is 8.23. The summed E-state index contributed by atoms with van der Waals surface area (Å²) >= 11 is 0. The summed E-state index contributed by atoms with van der Waals surface area (Å²) in [5, 5.41) is 18.2. The third-order valence-corrected chi connectivity index (χ3v) is 6.58. The number of nitrogens with one attached hydrogen (secondary N) is 1. The van der Waals surface area contributed by atoms with Crippen LogP contribution in [0.5, 0.6) is 5.75 Å². The minimum Gasteiger partial charge on any atom is -0.507 e. The summed E-state index contributed by atoms with van der Waals surface area (Å²) in [6.45, 7) is 0.428. The molecule has 136 valence electrons. The van der Waals surface area contributed by atoms with Crippen LogP contribution in [0.3, 0.4) is 0 Å². The third-order valence-electron chi connectivity index (χ3n) is 4.75. The Hall–Kier alpha value is -3.12. The van der Waals surface area contributed by atoms with Crippen LogP contribution in [0.25, 0.3) is 0 Å². The molecule has 0 spiro atoms. The summed E-state index contributed by atoms with van der Waals surface area (Å²) in [6, 6.07) is 20.4. The number of fused-ring (bicyclic) bond motifs is 1. The van der Waals surface area contributed by atoms with Crippen LogP contribution in [-0.2, 0) is 16.4 Å². The summed E-state index contributed by atoms with van der Waals surface area (Å²) in [5.41, 5.74) is 2.84. The van der Waals surface area contributed by atoms with Gasteiger partial charge >= 0.3 is 0 Å². The number of nitrogens with zero attached hydrogens (tertiary/aromatic N) is 1. The first kappa shape index (κ1) is 17.3. The highest BCUT2D eigenvalue weighted by atomic mass is 32.2. The van der Waals surface area contributed by atoms with E-state index in [0.29, 0.717) is 24.1 Å². The van der Waals surface area contributed by atoms with Gasteiger partial charge in [0, 0.05) is 17.7 Å². The highest BCUT2D eigenvalue weighted by Gasteiger charge is 2.30. The van der Waals surface area contributed by atoms with E-state index >= 15 is 0 Å². The van der Waals surface area contributed by atoms with Crippen molar-refractivity contribution in [1.82, 2.24) is 0 Å². The van der Waals surface area contributed by atoms with E-state index in [9.17, 15) is 13.5 Å². The van der Waals surface area contributed by atoms with Crippen LogP contribution in [0.1, 0.15) is 16.7 Å². The first-order chi connectivity index (χ1) is 13.0. The summed E-state index contributed by atoms with van der Waals surface area (Å²) in [4.78, 5) is 0.188. The van der Waals surface area contributed by atoms with Gasteiger partial charge < -0.3 is 5.11 Å². The number of sulfonamides is 1. The molecule has 4 rings (SSSR count). The van der Waals surface area contributed by atoms with Crippen molar-refractivity contribution in [3.05, 3.63) is 89.5 Å². The van der Waals surface area contributed by atoms with E-state index in [2.05, 4.69) is 0 Å². The van der Waals surface area contributed by atoms with Crippen LogP contribution in [-0.4, -0.2) is 25.8 Å². The van der Waals surface area contributed by atoms with Crippen LogP contribution >= 0.6 is 0 Å². The molecule has 0 radical (unpaired) electrons. The van der Waals surface area contributed by atoms with Crippen molar-refractivity contribution in [2.45, 2.75) is 11.3 Å². The standard InChI is InChI=1S/C21H18N2O3S/c22-21(18-6-2-4-8-20(18)24)16-9-11-17(12-10-16)27(25,26)23-14-13-15-5-1-3-7-19(15)23/h1-12,22,24H,13-14H2. The zero-order valence-corrected chi connectivity index (χ0v) is 15.3. The quantitative estimate of drug-likeness (QED) is 0.681. The zero-order chi connectivity index (χ0) is 19.0. The fourth-order valence-corrected chi connectivity index (χ4v) is 4.82. The van der Waals surface area contributed by atoms with E-state index in [0.717, 1.165) is 11.3 Å². The van der Waals surface area contributed by atoms with Crippen molar-refractivity contribution >= 4 is 21.4 Å². The van der Waals surface area contributed by atoms with Crippen LogP contribution < -0.4 is 4.31 Å². The summed E-state index contributed by atoms with van der Waals surface area (Å²) in [5.74, 6) is 0.0212. The van der Waals surface area contributed by atoms with Gasteiger partial charge in [0.25, 0.3) is 10.0 Å². The van der Waals surface area contributed by atoms with Gasteiger partial charge in [-0.05, 0) is 42.3 Å². The number of aromatic hydroxyl groups is 1. The van der Waals surface area contributed by atoms with Gasteiger partial charge in [0.05, 0.1) is 16.3 Å². The van der Waals surface area contributed by atoms with Gasteiger partial charge in [-0.2, -0.15) is 0 Å². The molecule has 0 amide bonds. The van der Waals surface area contributed by atoms with Gasteiger partial charge in [-0.15, -0.1) is 0 Å². The molecule has 0 unspecified atom stereocenters. The average Bonchev–Trinajstić information content (AvgIpc) is 3.13. The Balaban J connectivity index is 1.65. The first-order valence-corrected chi connectivity index (χ1v) is 10.0. The van der Waals surface area contributed by atoms with Crippen molar-refractivity contribution in [1.29, 1.82) is 5.41 Å². The van der Waals surface area contributed by atoms with Crippen molar-refractivity contribution < 1.29 is 13.5 Å². The van der Waals surface area contributed by atoms with Gasteiger partial charge in [0.1, 0.15) is 5.75 Å². The van der Waals surface area contributed by atoms with E-state index in [1.807, 2.05) is 24.3 Å². The lowest BCUT2D eigenvalue weighted by atomic mass is 10.0. The Morgan fingerprint density at radius 3 is 2.33 bits per heavy atom. The molecule has 0 aromatic heterocycles. The minimum absolute atomic E-state index is 0.0212. The molecule has 0 atom stereocenters. The molecule has 1 heterocycles. The molecule has 6 heteroatoms. The molecule has 1 aliphatic heterocycles. The number of hydrogen-bond acceptors (Lipinski definition) is 4. The van der Waals surface area contributed by atoms with Crippen LogP contribution in [0, 0.1) is 5.41 Å². The maximum absolute atomic E-state index is 13.0. The lowest BCUT2D eigenvalue weighted by Gasteiger charge is -2.19. The van der Waals surface area contributed by atoms with E-state index in [1.165, 1.54) is 22.5 Å². The summed E-state index contributed by atoms with van der Waals surface area (Å²) in [6.07, 6.45) is 0.700. The monoisotopic (exact) mass is 378 g/mol.